The van der Waals surface area contributed by atoms with Crippen LogP contribution in [0.2, 0.25) is 0 Å². The van der Waals surface area contributed by atoms with Crippen LogP contribution in [0.3, 0.4) is 0 Å². The van der Waals surface area contributed by atoms with Crippen molar-refractivity contribution in [3.63, 3.8) is 0 Å². The highest BCUT2D eigenvalue weighted by Gasteiger charge is 2.22. The van der Waals surface area contributed by atoms with Crippen LogP contribution in [0.25, 0.3) is 0 Å². The van der Waals surface area contributed by atoms with E-state index >= 15 is 0 Å². The number of hydrogen-bond acceptors (Lipinski definition) is 5. The predicted octanol–water partition coefficient (Wildman–Crippen LogP) is 2.46. The van der Waals surface area contributed by atoms with Crippen molar-refractivity contribution in [2.75, 3.05) is 6.54 Å². The largest absolute Gasteiger partial charge is 0.445 e. The fourth-order valence-electron chi connectivity index (χ4n) is 2.17. The van der Waals surface area contributed by atoms with Crippen LogP contribution in [0.4, 0.5) is 9.59 Å². The van der Waals surface area contributed by atoms with Gasteiger partial charge in [-0.05, 0) is 45.6 Å². The lowest BCUT2D eigenvalue weighted by Crippen LogP contribution is -2.46. The van der Waals surface area contributed by atoms with Gasteiger partial charge in [0.05, 0.1) is 0 Å². The van der Waals surface area contributed by atoms with Crippen LogP contribution in [0.15, 0.2) is 30.3 Å². The highest BCUT2D eigenvalue weighted by Crippen LogP contribution is 2.08. The molecule has 8 nitrogen and oxygen atoms in total. The minimum atomic E-state index is -0.815. The van der Waals surface area contributed by atoms with Crippen molar-refractivity contribution in [3.05, 3.63) is 35.9 Å². The molecule has 0 aliphatic carbocycles. The van der Waals surface area contributed by atoms with E-state index in [1.807, 2.05) is 30.3 Å². The lowest BCUT2D eigenvalue weighted by atomic mass is 10.1. The smallest absolute Gasteiger partial charge is 0.408 e. The van der Waals surface area contributed by atoms with Gasteiger partial charge >= 0.3 is 12.2 Å². The molecule has 0 heterocycles. The number of hydrogen-bond donors (Lipinski definition) is 3. The predicted molar refractivity (Wildman–Crippen MR) is 101 cm³/mol. The number of carbonyl (C=O) groups is 3. The van der Waals surface area contributed by atoms with Crippen LogP contribution >= 0.6 is 0 Å². The zero-order valence-electron chi connectivity index (χ0n) is 16.1. The summed E-state index contributed by atoms with van der Waals surface area (Å²) in [6.45, 7) is 5.79. The van der Waals surface area contributed by atoms with Gasteiger partial charge in [0, 0.05) is 6.54 Å². The van der Waals surface area contributed by atoms with E-state index in [2.05, 4.69) is 10.6 Å². The van der Waals surface area contributed by atoms with Gasteiger partial charge in [-0.2, -0.15) is 0 Å². The maximum atomic E-state index is 11.7. The Morgan fingerprint density at radius 3 is 2.33 bits per heavy atom. The van der Waals surface area contributed by atoms with Crippen molar-refractivity contribution >= 4 is 18.1 Å². The van der Waals surface area contributed by atoms with E-state index in [4.69, 9.17) is 15.2 Å². The lowest BCUT2D eigenvalue weighted by Gasteiger charge is -2.22. The van der Waals surface area contributed by atoms with Crippen LogP contribution in [0.5, 0.6) is 0 Å². The molecule has 0 bridgehead atoms. The first-order valence-corrected chi connectivity index (χ1v) is 8.91. The van der Waals surface area contributed by atoms with Crippen LogP contribution in [0.1, 0.15) is 45.6 Å². The monoisotopic (exact) mass is 379 g/mol. The Bertz CT molecular complexity index is 614. The highest BCUT2D eigenvalue weighted by molar-refractivity contribution is 5.84. The van der Waals surface area contributed by atoms with Gasteiger partial charge in [0.15, 0.2) is 0 Å². The van der Waals surface area contributed by atoms with Crippen LogP contribution < -0.4 is 16.4 Å². The number of amides is 3. The molecule has 1 aromatic carbocycles. The SMILES string of the molecule is CC(C)(C)OC(=O)N[C@H](CCCCNC(=O)OCc1ccccc1)C(N)=O. The van der Waals surface area contributed by atoms with Crippen LogP contribution in [-0.4, -0.2) is 36.3 Å². The van der Waals surface area contributed by atoms with Gasteiger partial charge in [0.25, 0.3) is 0 Å². The van der Waals surface area contributed by atoms with E-state index in [9.17, 15) is 14.4 Å². The second-order valence-electron chi connectivity index (χ2n) is 7.09. The standard InChI is InChI=1S/C19H29N3O5/c1-19(2,3)27-18(25)22-15(16(20)23)11-7-8-12-21-17(24)26-13-14-9-5-4-6-10-14/h4-6,9-10,15H,7-8,11-13H2,1-3H3,(H2,20,23)(H,21,24)(H,22,25)/t15-/m1/s1. The maximum absolute atomic E-state index is 11.7. The number of nitrogens with one attached hydrogen (secondary N) is 2. The van der Waals surface area contributed by atoms with Gasteiger partial charge in [-0.25, -0.2) is 9.59 Å². The Morgan fingerprint density at radius 2 is 1.74 bits per heavy atom. The van der Waals surface area contributed by atoms with E-state index in [0.717, 1.165) is 5.56 Å². The fraction of sp³-hybridized carbons (Fsp3) is 0.526. The van der Waals surface area contributed by atoms with Crippen molar-refractivity contribution in [3.8, 4) is 0 Å². The Hall–Kier alpha value is -2.77. The molecular formula is C19H29N3O5. The zero-order chi connectivity index (χ0) is 20.3. The van der Waals surface area contributed by atoms with E-state index in [-0.39, 0.29) is 6.61 Å². The van der Waals surface area contributed by atoms with Crippen molar-refractivity contribution in [1.29, 1.82) is 0 Å². The molecule has 1 rings (SSSR count). The first-order valence-electron chi connectivity index (χ1n) is 8.91. The van der Waals surface area contributed by atoms with Gasteiger partial charge in [-0.1, -0.05) is 30.3 Å². The Kier molecular flexibility index (Phi) is 9.12. The van der Waals surface area contributed by atoms with Crippen LogP contribution in [-0.2, 0) is 20.9 Å². The summed E-state index contributed by atoms with van der Waals surface area (Å²) in [5.74, 6) is -0.629. The second kappa shape index (κ2) is 11.1. The van der Waals surface area contributed by atoms with E-state index in [1.54, 1.807) is 20.8 Å². The summed E-state index contributed by atoms with van der Waals surface area (Å²) in [4.78, 5) is 34.8. The summed E-state index contributed by atoms with van der Waals surface area (Å²) in [5, 5.41) is 5.10. The topological polar surface area (TPSA) is 120 Å². The fourth-order valence-corrected chi connectivity index (χ4v) is 2.17. The van der Waals surface area contributed by atoms with Crippen molar-refractivity contribution in [2.45, 2.75) is 58.3 Å². The third-order valence-electron chi connectivity index (χ3n) is 3.44. The molecule has 0 radical (unpaired) electrons. The van der Waals surface area contributed by atoms with Gasteiger partial charge in [0.1, 0.15) is 18.2 Å². The summed E-state index contributed by atoms with van der Waals surface area (Å²) in [7, 11) is 0. The van der Waals surface area contributed by atoms with Crippen molar-refractivity contribution < 1.29 is 23.9 Å². The summed E-state index contributed by atoms with van der Waals surface area (Å²) < 4.78 is 10.2. The molecule has 8 heteroatoms. The average Bonchev–Trinajstić information content (AvgIpc) is 2.57. The molecule has 0 aliphatic rings. The summed E-state index contributed by atoms with van der Waals surface area (Å²) in [6.07, 6.45) is 0.365. The molecule has 0 aromatic heterocycles. The molecule has 0 spiro atoms. The van der Waals surface area contributed by atoms with Crippen molar-refractivity contribution in [2.24, 2.45) is 5.73 Å². The van der Waals surface area contributed by atoms with E-state index in [0.29, 0.717) is 25.8 Å². The van der Waals surface area contributed by atoms with Crippen LogP contribution in [0, 0.1) is 0 Å². The summed E-state index contributed by atoms with van der Waals surface area (Å²) in [5.41, 5.74) is 5.56. The molecule has 0 aliphatic heterocycles. The molecule has 0 fully saturated rings. The number of benzene rings is 1. The van der Waals surface area contributed by atoms with Crippen molar-refractivity contribution in [1.82, 2.24) is 10.6 Å². The third-order valence-corrected chi connectivity index (χ3v) is 3.44. The van der Waals surface area contributed by atoms with E-state index in [1.165, 1.54) is 0 Å². The molecule has 0 saturated heterocycles. The molecule has 4 N–H and O–H groups in total. The number of carbonyl (C=O) groups excluding carboxylic acids is 3. The molecule has 1 aromatic rings. The number of primary amides is 1. The lowest BCUT2D eigenvalue weighted by molar-refractivity contribution is -0.120. The number of rotatable bonds is 9. The molecular weight excluding hydrogens is 350 g/mol. The quantitative estimate of drug-likeness (QED) is 0.569. The normalized spacial score (nSPS) is 12.0. The molecule has 0 unspecified atom stereocenters. The first-order chi connectivity index (χ1) is 12.7. The Labute approximate surface area is 159 Å². The number of alkyl carbamates (subject to hydrolysis) is 2. The molecule has 150 valence electrons. The maximum Gasteiger partial charge on any atom is 0.408 e. The molecule has 27 heavy (non-hydrogen) atoms. The number of unbranched alkanes of at least 4 members (excludes halogenated alkanes) is 1. The van der Waals surface area contributed by atoms with Gasteiger partial charge in [0.2, 0.25) is 5.91 Å². The van der Waals surface area contributed by atoms with Gasteiger partial charge in [-0.15, -0.1) is 0 Å². The Morgan fingerprint density at radius 1 is 1.07 bits per heavy atom. The van der Waals surface area contributed by atoms with E-state index < -0.39 is 29.7 Å². The van der Waals surface area contributed by atoms with Gasteiger partial charge in [-0.3, -0.25) is 4.79 Å². The third kappa shape index (κ3) is 10.7. The molecule has 1 atom stereocenters. The summed E-state index contributed by atoms with van der Waals surface area (Å²) >= 11 is 0. The Balaban J connectivity index is 2.21. The number of nitrogens with two attached hydrogens (primary N) is 1. The summed E-state index contributed by atoms with van der Waals surface area (Å²) in [6, 6.07) is 8.56. The number of ether oxygens (including phenoxy) is 2. The average molecular weight is 379 g/mol. The highest BCUT2D eigenvalue weighted by atomic mass is 16.6. The van der Waals surface area contributed by atoms with Gasteiger partial charge < -0.3 is 25.8 Å². The molecule has 0 saturated carbocycles. The minimum Gasteiger partial charge on any atom is -0.445 e. The zero-order valence-corrected chi connectivity index (χ0v) is 16.1. The second-order valence-corrected chi connectivity index (χ2v) is 7.09. The molecule has 3 amide bonds. The minimum absolute atomic E-state index is 0.205. The first kappa shape index (κ1) is 22.3.